The number of nitrogens with zero attached hydrogens (tertiary/aromatic N) is 3. The zero-order valence-electron chi connectivity index (χ0n) is 13.8. The first-order valence-corrected chi connectivity index (χ1v) is 11.8. The highest BCUT2D eigenvalue weighted by Crippen LogP contribution is 2.40. The van der Waals surface area contributed by atoms with E-state index in [-0.39, 0.29) is 17.0 Å². The van der Waals surface area contributed by atoms with Crippen LogP contribution in [-0.2, 0) is 0 Å². The summed E-state index contributed by atoms with van der Waals surface area (Å²) < 4.78 is 4.07. The normalized spacial score (nSPS) is 16.8. The lowest BCUT2D eigenvalue weighted by Gasteiger charge is -2.20. The molecule has 0 bridgehead atoms. The van der Waals surface area contributed by atoms with Gasteiger partial charge in [-0.1, -0.05) is 0 Å². The molecular weight excluding hydrogens is 544 g/mol. The average molecular weight is 552 g/mol. The van der Waals surface area contributed by atoms with E-state index in [0.717, 1.165) is 17.3 Å². The van der Waals surface area contributed by atoms with Crippen molar-refractivity contribution in [3.63, 3.8) is 0 Å². The summed E-state index contributed by atoms with van der Waals surface area (Å²) >= 11 is 11.0. The van der Waals surface area contributed by atoms with Gasteiger partial charge in [-0.25, -0.2) is 0 Å². The maximum atomic E-state index is 13.0. The highest BCUT2D eigenvalue weighted by atomic mass is 79.9. The molecule has 5 nitrogen and oxygen atoms in total. The van der Waals surface area contributed by atoms with Gasteiger partial charge in [0.2, 0.25) is 0 Å². The molecule has 4 heterocycles. The fourth-order valence-corrected chi connectivity index (χ4v) is 7.06. The minimum absolute atomic E-state index is 0.0827. The van der Waals surface area contributed by atoms with Gasteiger partial charge in [0, 0.05) is 9.75 Å². The molecule has 0 amide bonds. The van der Waals surface area contributed by atoms with Crippen molar-refractivity contribution < 1.29 is 0 Å². The molecule has 0 fully saturated rings. The second-order valence-electron chi connectivity index (χ2n) is 5.71. The maximum Gasteiger partial charge on any atom is 0.274 e. The van der Waals surface area contributed by atoms with E-state index in [9.17, 15) is 15.3 Å². The minimum atomic E-state index is -0.576. The smallest absolute Gasteiger partial charge is 0.274 e. The number of thiophene rings is 2. The number of aromatic nitrogens is 1. The van der Waals surface area contributed by atoms with Crippen molar-refractivity contribution >= 4 is 83.3 Å². The van der Waals surface area contributed by atoms with E-state index in [4.69, 9.17) is 5.73 Å². The Hall–Kier alpha value is -1.95. The van der Waals surface area contributed by atoms with Gasteiger partial charge in [0.05, 0.1) is 41.3 Å². The molecule has 0 aromatic carbocycles. The van der Waals surface area contributed by atoms with Crippen molar-refractivity contribution in [3.8, 4) is 12.1 Å². The third-order valence-electron chi connectivity index (χ3n) is 4.13. The van der Waals surface area contributed by atoms with Crippen molar-refractivity contribution in [3.05, 3.63) is 66.7 Å². The average Bonchev–Trinajstić information content (AvgIpc) is 3.35. The Morgan fingerprint density at radius 1 is 1.04 bits per heavy atom. The van der Waals surface area contributed by atoms with Gasteiger partial charge in [0.1, 0.15) is 10.5 Å². The summed E-state index contributed by atoms with van der Waals surface area (Å²) in [5.74, 6) is -0.493. The van der Waals surface area contributed by atoms with Crippen molar-refractivity contribution in [1.29, 1.82) is 10.5 Å². The van der Waals surface area contributed by atoms with Gasteiger partial charge in [-0.3, -0.25) is 9.36 Å². The summed E-state index contributed by atoms with van der Waals surface area (Å²) in [6, 6.07) is 11.9. The first-order valence-electron chi connectivity index (χ1n) is 7.73. The van der Waals surface area contributed by atoms with Crippen LogP contribution in [-0.4, -0.2) is 4.57 Å². The Morgan fingerprint density at radius 2 is 1.71 bits per heavy atom. The molecule has 28 heavy (non-hydrogen) atoms. The molecule has 1 aliphatic heterocycles. The Balaban J connectivity index is 2.07. The minimum Gasteiger partial charge on any atom is -0.384 e. The number of halogens is 2. The van der Waals surface area contributed by atoms with E-state index in [0.29, 0.717) is 14.8 Å². The number of nitrogens with two attached hydrogens (primary N) is 1. The summed E-state index contributed by atoms with van der Waals surface area (Å²) in [5.41, 5.74) is 6.48. The predicted molar refractivity (Wildman–Crippen MR) is 120 cm³/mol. The first-order chi connectivity index (χ1) is 13.4. The van der Waals surface area contributed by atoms with Gasteiger partial charge < -0.3 is 5.73 Å². The maximum absolute atomic E-state index is 13.0. The number of rotatable bonds is 2. The molecule has 1 atom stereocenters. The SMILES string of the molecule is N#CC1=C(N)n2c(sc(=Cc3ccc(Br)s3)c2=O)=C(C#N)C1c1ccc(Br)s1. The van der Waals surface area contributed by atoms with Crippen LogP contribution < -0.4 is 20.5 Å². The Morgan fingerprint density at radius 3 is 2.29 bits per heavy atom. The van der Waals surface area contributed by atoms with Crippen LogP contribution in [0.2, 0.25) is 0 Å². The lowest BCUT2D eigenvalue weighted by atomic mass is 9.89. The zero-order valence-corrected chi connectivity index (χ0v) is 19.4. The van der Waals surface area contributed by atoms with Gasteiger partial charge >= 0.3 is 0 Å². The topological polar surface area (TPSA) is 95.6 Å². The van der Waals surface area contributed by atoms with E-state index >= 15 is 0 Å². The second-order valence-corrected chi connectivity index (χ2v) is 11.7. The van der Waals surface area contributed by atoms with Gasteiger partial charge in [-0.05, 0) is 62.2 Å². The molecule has 3 aromatic heterocycles. The molecule has 0 saturated carbocycles. The van der Waals surface area contributed by atoms with Gasteiger partial charge in [-0.15, -0.1) is 34.0 Å². The fraction of sp³-hybridized carbons (Fsp3) is 0.0556. The molecule has 3 aromatic rings. The third-order valence-corrected chi connectivity index (χ3v) is 8.50. The van der Waals surface area contributed by atoms with Crippen LogP contribution in [0.5, 0.6) is 0 Å². The lowest BCUT2D eigenvalue weighted by molar-refractivity contribution is 0.914. The summed E-state index contributed by atoms with van der Waals surface area (Å²) in [6.07, 6.45) is 1.78. The highest BCUT2D eigenvalue weighted by molar-refractivity contribution is 9.11. The van der Waals surface area contributed by atoms with E-state index in [2.05, 4.69) is 44.0 Å². The van der Waals surface area contributed by atoms with Gasteiger partial charge in [-0.2, -0.15) is 10.5 Å². The number of fused-ring (bicyclic) bond motifs is 1. The van der Waals surface area contributed by atoms with E-state index in [1.807, 2.05) is 24.3 Å². The van der Waals surface area contributed by atoms with Crippen LogP contribution in [0.15, 0.2) is 42.2 Å². The fourth-order valence-electron chi connectivity index (χ4n) is 2.95. The van der Waals surface area contributed by atoms with E-state index in [1.165, 1.54) is 38.6 Å². The van der Waals surface area contributed by atoms with Crippen LogP contribution in [0.25, 0.3) is 17.5 Å². The molecule has 0 radical (unpaired) electrons. The Kier molecular flexibility index (Phi) is 5.17. The van der Waals surface area contributed by atoms with Crippen molar-refractivity contribution in [2.24, 2.45) is 5.73 Å². The first kappa shape index (κ1) is 19.4. The molecule has 4 rings (SSSR count). The summed E-state index contributed by atoms with van der Waals surface area (Å²) in [6.45, 7) is 0. The van der Waals surface area contributed by atoms with E-state index < -0.39 is 5.92 Å². The monoisotopic (exact) mass is 550 g/mol. The van der Waals surface area contributed by atoms with Crippen molar-refractivity contribution in [2.75, 3.05) is 0 Å². The van der Waals surface area contributed by atoms with Crippen LogP contribution >= 0.6 is 65.9 Å². The summed E-state index contributed by atoms with van der Waals surface area (Å²) in [7, 11) is 0. The Labute approximate surface area is 187 Å². The molecule has 10 heteroatoms. The number of thiazole rings is 1. The largest absolute Gasteiger partial charge is 0.384 e. The third kappa shape index (κ3) is 3.11. The van der Waals surface area contributed by atoms with Crippen LogP contribution in [0, 0.1) is 22.7 Å². The molecule has 2 N–H and O–H groups in total. The predicted octanol–water partition coefficient (Wildman–Crippen LogP) is 3.51. The molecule has 1 unspecified atom stereocenters. The lowest BCUT2D eigenvalue weighted by Crippen LogP contribution is -2.38. The molecule has 138 valence electrons. The van der Waals surface area contributed by atoms with Crippen molar-refractivity contribution in [2.45, 2.75) is 5.92 Å². The van der Waals surface area contributed by atoms with Gasteiger partial charge in [0.25, 0.3) is 5.56 Å². The van der Waals surface area contributed by atoms with E-state index in [1.54, 1.807) is 6.08 Å². The second kappa shape index (κ2) is 7.47. The molecule has 1 aliphatic rings. The standard InChI is InChI=1S/C18H8Br2N4OS3/c19-13-3-1-8(26-13)5-12-17(25)24-16(23)9(6-21)15(10(7-22)18(24)28-12)11-2-4-14(20)27-11/h1-5,15H,23H2. The highest BCUT2D eigenvalue weighted by Gasteiger charge is 2.33. The quantitative estimate of drug-likeness (QED) is 0.527. The van der Waals surface area contributed by atoms with Gasteiger partial charge in [0.15, 0.2) is 0 Å². The number of allylic oxidation sites excluding steroid dienone is 1. The molecular formula is C18H8Br2N4OS3. The Bertz CT molecular complexity index is 1410. The summed E-state index contributed by atoms with van der Waals surface area (Å²) in [5, 5.41) is 19.6. The van der Waals surface area contributed by atoms with Crippen LogP contribution in [0.1, 0.15) is 15.7 Å². The molecule has 0 aliphatic carbocycles. The zero-order chi connectivity index (χ0) is 20.0. The number of nitriles is 2. The summed E-state index contributed by atoms with van der Waals surface area (Å²) in [4.78, 5) is 14.7. The van der Waals surface area contributed by atoms with Crippen LogP contribution in [0.4, 0.5) is 0 Å². The number of hydrogen-bond donors (Lipinski definition) is 1. The molecule has 0 saturated heterocycles. The number of hydrogen-bond acceptors (Lipinski definition) is 7. The van der Waals surface area contributed by atoms with Crippen molar-refractivity contribution in [1.82, 2.24) is 4.57 Å². The molecule has 0 spiro atoms. The van der Waals surface area contributed by atoms with Crippen LogP contribution in [0.3, 0.4) is 0 Å².